The van der Waals surface area contributed by atoms with Crippen LogP contribution in [0.3, 0.4) is 0 Å². The Kier molecular flexibility index (Phi) is 10.4. The number of carbonyl (C=O) groups excluding carboxylic acids is 3. The molecule has 0 aliphatic rings. The summed E-state index contributed by atoms with van der Waals surface area (Å²) in [5, 5.41) is 15.3. The number of halogens is 1. The van der Waals surface area contributed by atoms with E-state index in [-0.39, 0.29) is 5.75 Å². The molecule has 0 aliphatic heterocycles. The van der Waals surface area contributed by atoms with Crippen molar-refractivity contribution in [3.63, 3.8) is 0 Å². The van der Waals surface area contributed by atoms with Gasteiger partial charge in [0.05, 0.1) is 16.8 Å². The van der Waals surface area contributed by atoms with Crippen molar-refractivity contribution >= 4 is 47.8 Å². The maximum Gasteiger partial charge on any atom is 0.408 e. The van der Waals surface area contributed by atoms with Crippen molar-refractivity contribution in [2.24, 2.45) is 0 Å². The van der Waals surface area contributed by atoms with Crippen molar-refractivity contribution < 1.29 is 19.1 Å². The highest BCUT2D eigenvalue weighted by Gasteiger charge is 2.37. The lowest BCUT2D eigenvalue weighted by atomic mass is 9.93. The monoisotopic (exact) mass is 544 g/mol. The number of nitriles is 1. The van der Waals surface area contributed by atoms with Gasteiger partial charge in [-0.05, 0) is 69.9 Å². The average Bonchev–Trinajstić information content (AvgIpc) is 2.79. The maximum atomic E-state index is 13.9. The molecule has 2 unspecified atom stereocenters. The van der Waals surface area contributed by atoms with E-state index in [1.807, 2.05) is 38.1 Å². The van der Waals surface area contributed by atoms with Crippen molar-refractivity contribution in [2.45, 2.75) is 59.2 Å². The number of ether oxygens (including phenoxy) is 1. The lowest BCUT2D eigenvalue weighted by Gasteiger charge is -2.34. The molecule has 0 radical (unpaired) electrons. The van der Waals surface area contributed by atoms with E-state index in [2.05, 4.69) is 23.3 Å². The Morgan fingerprint density at radius 2 is 1.65 bits per heavy atom. The lowest BCUT2D eigenvalue weighted by molar-refractivity contribution is -0.139. The van der Waals surface area contributed by atoms with Gasteiger partial charge in [-0.2, -0.15) is 17.9 Å². The first-order valence-corrected chi connectivity index (χ1v) is 12.7. The number of amides is 3. The average molecular weight is 545 g/mol. The predicted octanol–water partition coefficient (Wildman–Crippen LogP) is 5.12. The lowest BCUT2D eigenvalue weighted by Crippen LogP contribution is -2.53. The summed E-state index contributed by atoms with van der Waals surface area (Å²) in [4.78, 5) is 41.2. The summed E-state index contributed by atoms with van der Waals surface area (Å²) in [6.45, 7) is 10.1. The number of hydrogen-bond donors (Lipinski definition) is 3. The van der Waals surface area contributed by atoms with Crippen molar-refractivity contribution in [1.82, 2.24) is 10.2 Å². The van der Waals surface area contributed by atoms with E-state index in [4.69, 9.17) is 16.3 Å². The van der Waals surface area contributed by atoms with Gasteiger partial charge in [-0.1, -0.05) is 41.9 Å². The maximum absolute atomic E-state index is 13.9. The van der Waals surface area contributed by atoms with Crippen LogP contribution in [0.25, 0.3) is 0 Å². The molecule has 2 N–H and O–H groups in total. The van der Waals surface area contributed by atoms with E-state index in [1.54, 1.807) is 45.9 Å². The van der Waals surface area contributed by atoms with Gasteiger partial charge in [0.2, 0.25) is 5.91 Å². The summed E-state index contributed by atoms with van der Waals surface area (Å²) in [5.41, 5.74) is 2.45. The number of benzene rings is 2. The fourth-order valence-corrected chi connectivity index (χ4v) is 4.39. The molecular formula is C27H33ClN4O4S. The van der Waals surface area contributed by atoms with Crippen LogP contribution in [-0.4, -0.2) is 46.7 Å². The van der Waals surface area contributed by atoms with Gasteiger partial charge < -0.3 is 20.3 Å². The van der Waals surface area contributed by atoms with Crippen molar-refractivity contribution in [1.29, 1.82) is 5.26 Å². The molecule has 2 rings (SSSR count). The number of aryl methyl sites for hydroxylation is 3. The zero-order valence-corrected chi connectivity index (χ0v) is 23.5. The van der Waals surface area contributed by atoms with Gasteiger partial charge in [0.15, 0.2) is 0 Å². The molecule has 0 spiro atoms. The Hall–Kier alpha value is -3.22. The number of nitrogens with zero attached hydrogens (tertiary/aromatic N) is 2. The van der Waals surface area contributed by atoms with Crippen LogP contribution in [0.5, 0.6) is 0 Å². The molecule has 3 amide bonds. The van der Waals surface area contributed by atoms with Gasteiger partial charge in [0, 0.05) is 5.75 Å². The van der Waals surface area contributed by atoms with E-state index in [9.17, 15) is 19.6 Å². The number of alkyl carbamates (subject to hydrolysis) is 1. The predicted molar refractivity (Wildman–Crippen MR) is 148 cm³/mol. The van der Waals surface area contributed by atoms with Crippen LogP contribution in [0.1, 0.15) is 49.1 Å². The number of thiol groups is 1. The highest BCUT2D eigenvalue weighted by Crippen LogP contribution is 2.32. The number of rotatable bonds is 8. The van der Waals surface area contributed by atoms with Crippen LogP contribution in [0, 0.1) is 32.1 Å². The number of para-hydroxylation sites is 1. The van der Waals surface area contributed by atoms with Gasteiger partial charge >= 0.3 is 6.09 Å². The molecule has 198 valence electrons. The highest BCUT2D eigenvalue weighted by molar-refractivity contribution is 7.80. The molecule has 0 saturated heterocycles. The summed E-state index contributed by atoms with van der Waals surface area (Å²) in [6, 6.07) is 10.4. The standard InChI is InChI=1S/C27H33ClN4O4S/c1-16-9-7-10-17(2)21(16)23(24(33)31-22-18(3)11-8-12-19(22)28)32(14-13-29)25(34)20(15-37)30-26(35)36-27(4,5)6/h7-12,20,23,37H,14-15H2,1-6H3,(H,30,35)(H,31,33). The molecule has 0 aromatic heterocycles. The van der Waals surface area contributed by atoms with Crippen LogP contribution in [0.2, 0.25) is 5.02 Å². The van der Waals surface area contributed by atoms with E-state index in [0.29, 0.717) is 16.3 Å². The normalized spacial score (nSPS) is 12.6. The van der Waals surface area contributed by atoms with Gasteiger partial charge in [-0.25, -0.2) is 4.79 Å². The summed E-state index contributed by atoms with van der Waals surface area (Å²) >= 11 is 10.6. The first-order valence-electron chi connectivity index (χ1n) is 11.7. The molecule has 2 aromatic rings. The van der Waals surface area contributed by atoms with E-state index >= 15 is 0 Å². The van der Waals surface area contributed by atoms with E-state index < -0.39 is 42.1 Å². The third kappa shape index (κ3) is 7.88. The number of anilines is 1. The minimum atomic E-state index is -1.19. The second-order valence-electron chi connectivity index (χ2n) is 9.63. The SMILES string of the molecule is Cc1cccc(Cl)c1NC(=O)C(c1c(C)cccc1C)N(CC#N)C(=O)C(CS)NC(=O)OC(C)(C)C. The zero-order chi connectivity index (χ0) is 27.9. The molecule has 37 heavy (non-hydrogen) atoms. The van der Waals surface area contributed by atoms with Crippen LogP contribution < -0.4 is 10.6 Å². The summed E-state index contributed by atoms with van der Waals surface area (Å²) in [5.74, 6) is -1.28. The Morgan fingerprint density at radius 3 is 2.16 bits per heavy atom. The van der Waals surface area contributed by atoms with Crippen molar-refractivity contribution in [2.75, 3.05) is 17.6 Å². The first kappa shape index (κ1) is 30.0. The highest BCUT2D eigenvalue weighted by atomic mass is 35.5. The van der Waals surface area contributed by atoms with Gasteiger partial charge in [-0.3, -0.25) is 9.59 Å². The number of nitrogens with one attached hydrogen (secondary N) is 2. The largest absolute Gasteiger partial charge is 0.444 e. The van der Waals surface area contributed by atoms with E-state index in [0.717, 1.165) is 21.6 Å². The summed E-state index contributed by atoms with van der Waals surface area (Å²) in [7, 11) is 0. The Bertz CT molecular complexity index is 1170. The molecule has 2 atom stereocenters. The second kappa shape index (κ2) is 12.8. The second-order valence-corrected chi connectivity index (χ2v) is 10.4. The smallest absolute Gasteiger partial charge is 0.408 e. The van der Waals surface area contributed by atoms with Crippen LogP contribution >= 0.6 is 24.2 Å². The Balaban J connectivity index is 2.57. The van der Waals surface area contributed by atoms with Crippen molar-refractivity contribution in [3.8, 4) is 6.07 Å². The van der Waals surface area contributed by atoms with Gasteiger partial charge in [-0.15, -0.1) is 0 Å². The minimum Gasteiger partial charge on any atom is -0.444 e. The molecule has 0 saturated carbocycles. The minimum absolute atomic E-state index is 0.0787. The molecule has 0 fully saturated rings. The Labute approximate surface area is 228 Å². The zero-order valence-electron chi connectivity index (χ0n) is 21.9. The van der Waals surface area contributed by atoms with Crippen LogP contribution in [0.4, 0.5) is 10.5 Å². The van der Waals surface area contributed by atoms with Crippen LogP contribution in [0.15, 0.2) is 36.4 Å². The number of hydrogen-bond acceptors (Lipinski definition) is 6. The molecule has 0 bridgehead atoms. The fraction of sp³-hybridized carbons (Fsp3) is 0.407. The topological polar surface area (TPSA) is 112 Å². The summed E-state index contributed by atoms with van der Waals surface area (Å²) in [6.07, 6.45) is -0.809. The summed E-state index contributed by atoms with van der Waals surface area (Å²) < 4.78 is 5.28. The number of carbonyl (C=O) groups is 3. The molecule has 10 heteroatoms. The van der Waals surface area contributed by atoms with E-state index in [1.165, 1.54) is 0 Å². The molecule has 0 aliphatic carbocycles. The molecular weight excluding hydrogens is 512 g/mol. The third-order valence-electron chi connectivity index (χ3n) is 5.54. The first-order chi connectivity index (χ1) is 17.3. The van der Waals surface area contributed by atoms with Crippen molar-refractivity contribution in [3.05, 3.63) is 63.7 Å². The van der Waals surface area contributed by atoms with Gasteiger partial charge in [0.25, 0.3) is 5.91 Å². The quantitative estimate of drug-likeness (QED) is 0.315. The van der Waals surface area contributed by atoms with Crippen LogP contribution in [-0.2, 0) is 14.3 Å². The molecule has 2 aromatic carbocycles. The molecule has 0 heterocycles. The Morgan fingerprint density at radius 1 is 1.08 bits per heavy atom. The van der Waals surface area contributed by atoms with Gasteiger partial charge in [0.1, 0.15) is 24.2 Å². The molecule has 8 nitrogen and oxygen atoms in total. The fourth-order valence-electron chi connectivity index (χ4n) is 3.88. The third-order valence-corrected chi connectivity index (χ3v) is 6.22.